The first-order valence-electron chi connectivity index (χ1n) is 24.6. The molecule has 2 N–H and O–H groups in total. The smallest absolute Gasteiger partial charge is 0.478 e. The van der Waals surface area contributed by atoms with E-state index in [4.69, 9.17) is 20.9 Å². The number of alkyl halides is 3. The highest BCUT2D eigenvalue weighted by Crippen LogP contribution is 2.56. The summed E-state index contributed by atoms with van der Waals surface area (Å²) >= 11 is 7.79. The van der Waals surface area contributed by atoms with Crippen molar-refractivity contribution in [3.63, 3.8) is 0 Å². The van der Waals surface area contributed by atoms with Gasteiger partial charge in [-0.25, -0.2) is 13.2 Å². The molecule has 392 valence electrons. The van der Waals surface area contributed by atoms with Crippen molar-refractivity contribution in [2.75, 3.05) is 97.7 Å². The number of hydrogen-bond acceptors (Lipinski definition) is 11. The Morgan fingerprint density at radius 3 is 2.11 bits per heavy atom. The van der Waals surface area contributed by atoms with Crippen LogP contribution in [0.1, 0.15) is 42.4 Å². The lowest BCUT2D eigenvalue weighted by molar-refractivity contribution is -0.0435. The fourth-order valence-electron chi connectivity index (χ4n) is 10.1. The molecule has 13 nitrogen and oxygen atoms in total. The molecule has 3 saturated heterocycles. The van der Waals surface area contributed by atoms with Crippen LogP contribution < -0.4 is 25.1 Å². The minimum absolute atomic E-state index is 0.00703. The van der Waals surface area contributed by atoms with Gasteiger partial charge in [-0.05, 0) is 117 Å². The Hall–Kier alpha value is -5.46. The largest absolute Gasteiger partial charge is 0.501 e. The van der Waals surface area contributed by atoms with Crippen molar-refractivity contribution in [3.05, 3.63) is 138 Å². The number of carboxylic acids is 1. The molecule has 2 atom stereocenters. The molecule has 9 rings (SSSR count). The number of aromatic carboxylic acids is 1. The van der Waals surface area contributed by atoms with Gasteiger partial charge in [-0.2, -0.15) is 13.2 Å². The number of rotatable bonds is 17. The average molecular weight is 1090 g/mol. The zero-order valence-corrected chi connectivity index (χ0v) is 44.6. The van der Waals surface area contributed by atoms with Crippen LogP contribution in [0, 0.1) is 6.92 Å². The number of nitrogens with zero attached hydrogens (tertiary/aromatic N) is 5. The summed E-state index contributed by atoms with van der Waals surface area (Å²) in [5.74, 6) is -0.562. The number of hydrogen-bond donors (Lipinski definition) is 2. The van der Waals surface area contributed by atoms with Gasteiger partial charge in [0.25, 0.3) is 9.84 Å². The Bertz CT molecular complexity index is 3120. The molecular weight excluding hydrogens is 1030 g/mol. The lowest BCUT2D eigenvalue weighted by Gasteiger charge is -2.37. The van der Waals surface area contributed by atoms with E-state index in [1.165, 1.54) is 28.6 Å². The molecule has 4 heterocycles. The quantitative estimate of drug-likeness (QED) is 0.0663. The maximum absolute atomic E-state index is 15.0. The third-order valence-corrected chi connectivity index (χ3v) is 19.3. The second-order valence-corrected chi connectivity index (χ2v) is 24.6. The number of benzene rings is 5. The molecule has 3 aliphatic rings. The molecule has 0 saturated carbocycles. The molecule has 6 aromatic rings. The van der Waals surface area contributed by atoms with Gasteiger partial charge in [0.05, 0.1) is 48.6 Å². The zero-order valence-electron chi connectivity index (χ0n) is 41.3. The Morgan fingerprint density at radius 2 is 1.46 bits per heavy atom. The van der Waals surface area contributed by atoms with E-state index in [-0.39, 0.29) is 35.7 Å². The molecule has 3 aliphatic heterocycles. The third-order valence-electron chi connectivity index (χ3n) is 13.8. The number of nitrogens with one attached hydrogen (secondary N) is 1. The number of aromatic nitrogens is 1. The third kappa shape index (κ3) is 11.2. The molecule has 0 bridgehead atoms. The minimum atomic E-state index is -5.92. The molecule has 0 unspecified atom stereocenters. The van der Waals surface area contributed by atoms with Crippen LogP contribution in [-0.2, 0) is 23.7 Å². The van der Waals surface area contributed by atoms with E-state index in [0.717, 1.165) is 39.2 Å². The van der Waals surface area contributed by atoms with Crippen molar-refractivity contribution in [3.8, 4) is 22.4 Å². The lowest BCUT2D eigenvalue weighted by atomic mass is 9.96. The molecule has 74 heavy (non-hydrogen) atoms. The molecular formula is C54H59ClF3N6O7PS2. The summed E-state index contributed by atoms with van der Waals surface area (Å²) in [6.45, 7) is 11.9. The van der Waals surface area contributed by atoms with E-state index < -0.39 is 39.8 Å². The maximum atomic E-state index is 15.0. The topological polar surface area (TPSA) is 137 Å². The Labute approximate surface area is 439 Å². The predicted molar refractivity (Wildman–Crippen MR) is 290 cm³/mol. The van der Waals surface area contributed by atoms with Crippen LogP contribution in [0.3, 0.4) is 0 Å². The number of sulfone groups is 1. The fraction of sp³-hybridized carbons (Fsp3) is 0.352. The van der Waals surface area contributed by atoms with E-state index in [2.05, 4.69) is 30.6 Å². The number of thioether (sulfide) groups is 1. The van der Waals surface area contributed by atoms with Crippen molar-refractivity contribution in [1.82, 2.24) is 9.47 Å². The molecule has 5 aromatic carbocycles. The first-order chi connectivity index (χ1) is 35.4. The van der Waals surface area contributed by atoms with Crippen LogP contribution in [0.5, 0.6) is 0 Å². The van der Waals surface area contributed by atoms with E-state index in [9.17, 15) is 36.1 Å². The molecule has 0 spiro atoms. The van der Waals surface area contributed by atoms with E-state index in [1.807, 2.05) is 106 Å². The van der Waals surface area contributed by atoms with Gasteiger partial charge in [-0.1, -0.05) is 54.1 Å². The highest BCUT2D eigenvalue weighted by atomic mass is 35.5. The first-order valence-corrected chi connectivity index (χ1v) is 29.0. The van der Waals surface area contributed by atoms with Crippen LogP contribution in [0.2, 0.25) is 5.02 Å². The van der Waals surface area contributed by atoms with Crippen LogP contribution in [0.4, 0.5) is 35.9 Å². The lowest BCUT2D eigenvalue weighted by Crippen LogP contribution is -2.46. The molecule has 0 amide bonds. The summed E-state index contributed by atoms with van der Waals surface area (Å²) in [6.07, 6.45) is 0.514. The molecule has 3 fully saturated rings. The standard InChI is InChI=1S/C54H59ClF3N6O7PS2/c1-37(2)64-38(3)50(53(65)66)51(52(64)39-12-14-41(55)15-13-39)40-8-7-9-45(34-40)62-26-24-61(25-27-62)43-16-18-44(19-17-43)63-30-33-71-72(63,67)46-20-21-48(49(35-46)74(68,69)54(56,57)58)59-42(22-23-60-28-31-70-32-29-60)36-73-47-10-5-4-6-11-47/h4-21,34-35,37,42,59H,22-33,36H2,1-3H3,(H,65,66)/t42-,72-/m1/s1. The number of anilines is 4. The fourth-order valence-corrected chi connectivity index (χ4v) is 14.5. The van der Waals surface area contributed by atoms with Crippen LogP contribution in [0.15, 0.2) is 131 Å². The van der Waals surface area contributed by atoms with Crippen molar-refractivity contribution in [2.24, 2.45) is 0 Å². The van der Waals surface area contributed by atoms with Crippen molar-refractivity contribution >= 4 is 74.7 Å². The van der Waals surface area contributed by atoms with Crippen LogP contribution in [-0.4, -0.2) is 118 Å². The zero-order chi connectivity index (χ0) is 52.4. The van der Waals surface area contributed by atoms with Gasteiger partial charge in [-0.15, -0.1) is 11.8 Å². The van der Waals surface area contributed by atoms with Gasteiger partial charge in [0.15, 0.2) is 0 Å². The molecule has 20 heteroatoms. The minimum Gasteiger partial charge on any atom is -0.478 e. The molecule has 0 aliphatic carbocycles. The van der Waals surface area contributed by atoms with Gasteiger partial charge in [-0.3, -0.25) is 14.1 Å². The summed E-state index contributed by atoms with van der Waals surface area (Å²) in [6, 6.07) is 35.5. The Morgan fingerprint density at radius 1 is 0.797 bits per heavy atom. The number of carboxylic acid groups (broad SMARTS) is 1. The first kappa shape index (κ1) is 53.4. The highest BCUT2D eigenvalue weighted by Gasteiger charge is 2.49. The van der Waals surface area contributed by atoms with Crippen molar-refractivity contribution in [2.45, 2.75) is 54.6 Å². The summed E-state index contributed by atoms with van der Waals surface area (Å²) < 4.78 is 100. The number of morpholine rings is 1. The number of halogens is 4. The van der Waals surface area contributed by atoms with Crippen LogP contribution in [0.25, 0.3) is 22.4 Å². The Kier molecular flexibility index (Phi) is 16.2. The predicted octanol–water partition coefficient (Wildman–Crippen LogP) is 11.3. The highest BCUT2D eigenvalue weighted by molar-refractivity contribution is 7.99. The summed E-state index contributed by atoms with van der Waals surface area (Å²) in [5.41, 5.74) is 0.539. The van der Waals surface area contributed by atoms with Gasteiger partial charge < -0.3 is 34.1 Å². The van der Waals surface area contributed by atoms with Crippen molar-refractivity contribution in [1.29, 1.82) is 0 Å². The monoisotopic (exact) mass is 1090 g/mol. The van der Waals surface area contributed by atoms with E-state index in [0.29, 0.717) is 93.2 Å². The van der Waals surface area contributed by atoms with Gasteiger partial charge in [0.2, 0.25) is 0 Å². The second-order valence-electron chi connectivity index (χ2n) is 18.8. The van der Waals surface area contributed by atoms with Crippen LogP contribution >= 0.6 is 30.9 Å². The van der Waals surface area contributed by atoms with Gasteiger partial charge >= 0.3 is 19.0 Å². The average Bonchev–Trinajstić information content (AvgIpc) is 3.95. The Balaban J connectivity index is 0.924. The SMILES string of the molecule is Cc1c(C(=O)O)c(-c2cccc(N3CCN(c4ccc(N5CCO[P@]5(=O)c5ccc(N[C@H](CCN6CCOCC6)CSc6ccccc6)c(S(=O)(=O)C(F)(F)F)c5)cc4)CC3)c2)c(-c2ccc(Cl)cc2)n1C(C)C. The number of ether oxygens (including phenoxy) is 1. The number of carbonyl (C=O) groups is 1. The van der Waals surface area contributed by atoms with E-state index >= 15 is 0 Å². The molecule has 0 radical (unpaired) electrons. The number of piperazine rings is 1. The second kappa shape index (κ2) is 22.4. The van der Waals surface area contributed by atoms with Crippen molar-refractivity contribution < 1.29 is 45.3 Å². The van der Waals surface area contributed by atoms with Gasteiger partial charge in [0.1, 0.15) is 4.90 Å². The summed E-state index contributed by atoms with van der Waals surface area (Å²) in [7, 11) is -10.0. The van der Waals surface area contributed by atoms with Gasteiger partial charge in [0, 0.05) is 102 Å². The molecule has 1 aromatic heterocycles. The maximum Gasteiger partial charge on any atom is 0.501 e. The summed E-state index contributed by atoms with van der Waals surface area (Å²) in [4.78, 5) is 19.6. The summed E-state index contributed by atoms with van der Waals surface area (Å²) in [5, 5.41) is 14.2. The van der Waals surface area contributed by atoms with E-state index in [1.54, 1.807) is 12.1 Å². The normalized spacial score (nSPS) is 18.3.